The summed E-state index contributed by atoms with van der Waals surface area (Å²) in [6.45, 7) is 5.03. The molecule has 3 N–H and O–H groups in total. The Kier molecular flexibility index (Phi) is 5.22. The van der Waals surface area contributed by atoms with Crippen LogP contribution in [0.25, 0.3) is 0 Å². The monoisotopic (exact) mass is 227 g/mol. The number of nitrogens with one attached hydrogen (secondary N) is 1. The molecule has 1 atom stereocenters. The molecule has 4 heteroatoms. The van der Waals surface area contributed by atoms with E-state index in [1.165, 1.54) is 25.7 Å². The first-order chi connectivity index (χ1) is 7.54. The molecule has 1 rings (SSSR count). The number of carbonyl (C=O) groups is 1. The van der Waals surface area contributed by atoms with Crippen molar-refractivity contribution in [3.8, 4) is 0 Å². The standard InChI is InChI=1S/C12H25N3O/c1-9-4-6-11(7-5-9)15(3)8-10(2)12(16)14-13/h9-11H,4-8,13H2,1-3H3,(H,14,16). The zero-order chi connectivity index (χ0) is 12.1. The molecule has 94 valence electrons. The highest BCUT2D eigenvalue weighted by Crippen LogP contribution is 2.26. The smallest absolute Gasteiger partial charge is 0.237 e. The summed E-state index contributed by atoms with van der Waals surface area (Å²) in [5, 5.41) is 0. The first-order valence-corrected chi connectivity index (χ1v) is 6.25. The van der Waals surface area contributed by atoms with Crippen LogP contribution in [0.5, 0.6) is 0 Å². The van der Waals surface area contributed by atoms with E-state index in [1.54, 1.807) is 0 Å². The number of nitrogens with zero attached hydrogens (tertiary/aromatic N) is 1. The van der Waals surface area contributed by atoms with Crippen molar-refractivity contribution in [2.24, 2.45) is 17.7 Å². The maximum Gasteiger partial charge on any atom is 0.237 e. The van der Waals surface area contributed by atoms with Crippen LogP contribution in [-0.2, 0) is 4.79 Å². The van der Waals surface area contributed by atoms with Crippen molar-refractivity contribution >= 4 is 5.91 Å². The second-order valence-electron chi connectivity index (χ2n) is 5.26. The minimum atomic E-state index is -0.0731. The van der Waals surface area contributed by atoms with Crippen molar-refractivity contribution in [3.05, 3.63) is 0 Å². The highest BCUT2D eigenvalue weighted by Gasteiger charge is 2.24. The fourth-order valence-electron chi connectivity index (χ4n) is 2.49. The number of amides is 1. The summed E-state index contributed by atoms with van der Waals surface area (Å²) in [5.41, 5.74) is 2.21. The second kappa shape index (κ2) is 6.21. The third-order valence-electron chi connectivity index (χ3n) is 3.76. The Morgan fingerprint density at radius 1 is 1.44 bits per heavy atom. The number of hydrazine groups is 1. The number of nitrogens with two attached hydrogens (primary N) is 1. The topological polar surface area (TPSA) is 58.4 Å². The molecule has 0 heterocycles. The first kappa shape index (κ1) is 13.5. The van der Waals surface area contributed by atoms with Gasteiger partial charge < -0.3 is 4.90 Å². The van der Waals surface area contributed by atoms with Crippen LogP contribution in [0.3, 0.4) is 0 Å². The van der Waals surface area contributed by atoms with Gasteiger partial charge in [0.25, 0.3) is 0 Å². The van der Waals surface area contributed by atoms with Crippen molar-refractivity contribution < 1.29 is 4.79 Å². The van der Waals surface area contributed by atoms with E-state index < -0.39 is 0 Å². The Morgan fingerprint density at radius 2 is 2.00 bits per heavy atom. The zero-order valence-corrected chi connectivity index (χ0v) is 10.7. The van der Waals surface area contributed by atoms with E-state index in [-0.39, 0.29) is 11.8 Å². The normalized spacial score (nSPS) is 27.8. The van der Waals surface area contributed by atoms with Crippen molar-refractivity contribution in [2.45, 2.75) is 45.6 Å². The predicted octanol–water partition coefficient (Wildman–Crippen LogP) is 1.12. The Labute approximate surface area is 98.5 Å². The lowest BCUT2D eigenvalue weighted by molar-refractivity contribution is -0.125. The molecule has 1 amide bonds. The quantitative estimate of drug-likeness (QED) is 0.430. The summed E-state index contributed by atoms with van der Waals surface area (Å²) in [5.74, 6) is 5.89. The molecular formula is C12H25N3O. The highest BCUT2D eigenvalue weighted by atomic mass is 16.2. The van der Waals surface area contributed by atoms with Crippen LogP contribution in [0.15, 0.2) is 0 Å². The number of rotatable bonds is 4. The molecule has 1 aliphatic rings. The summed E-state index contributed by atoms with van der Waals surface area (Å²) in [4.78, 5) is 13.6. The SMILES string of the molecule is CC1CCC(N(C)CC(C)C(=O)NN)CC1. The Balaban J connectivity index is 2.34. The molecule has 0 saturated heterocycles. The average molecular weight is 227 g/mol. The summed E-state index contributed by atoms with van der Waals surface area (Å²) in [6.07, 6.45) is 5.14. The Morgan fingerprint density at radius 3 is 2.50 bits per heavy atom. The molecule has 4 nitrogen and oxygen atoms in total. The van der Waals surface area contributed by atoms with Gasteiger partial charge in [0.1, 0.15) is 0 Å². The molecule has 1 fully saturated rings. The molecule has 0 radical (unpaired) electrons. The van der Waals surface area contributed by atoms with E-state index in [0.29, 0.717) is 6.04 Å². The van der Waals surface area contributed by atoms with Crippen LogP contribution in [-0.4, -0.2) is 30.4 Å². The fraction of sp³-hybridized carbons (Fsp3) is 0.917. The lowest BCUT2D eigenvalue weighted by Crippen LogP contribution is -2.43. The number of hydrogen-bond donors (Lipinski definition) is 2. The maximum absolute atomic E-state index is 11.3. The molecule has 1 saturated carbocycles. The summed E-state index contributed by atoms with van der Waals surface area (Å²) in [6, 6.07) is 0.643. The molecule has 0 aliphatic heterocycles. The van der Waals surface area contributed by atoms with Crippen molar-refractivity contribution in [1.29, 1.82) is 0 Å². The van der Waals surface area contributed by atoms with E-state index in [9.17, 15) is 4.79 Å². The van der Waals surface area contributed by atoms with E-state index in [0.717, 1.165) is 12.5 Å². The Bertz CT molecular complexity index is 224. The molecule has 0 spiro atoms. The van der Waals surface area contributed by atoms with Crippen LogP contribution in [0.4, 0.5) is 0 Å². The van der Waals surface area contributed by atoms with E-state index >= 15 is 0 Å². The zero-order valence-electron chi connectivity index (χ0n) is 10.7. The number of carbonyl (C=O) groups excluding carboxylic acids is 1. The second-order valence-corrected chi connectivity index (χ2v) is 5.26. The van der Waals surface area contributed by atoms with Gasteiger partial charge in [-0.2, -0.15) is 0 Å². The lowest BCUT2D eigenvalue weighted by atomic mass is 9.86. The third-order valence-corrected chi connectivity index (χ3v) is 3.76. The van der Waals surface area contributed by atoms with E-state index in [4.69, 9.17) is 5.84 Å². The molecule has 1 unspecified atom stereocenters. The van der Waals surface area contributed by atoms with Crippen molar-refractivity contribution in [1.82, 2.24) is 10.3 Å². The van der Waals surface area contributed by atoms with Crippen molar-refractivity contribution in [3.63, 3.8) is 0 Å². The van der Waals surface area contributed by atoms with Gasteiger partial charge in [-0.25, -0.2) is 5.84 Å². The minimum Gasteiger partial charge on any atom is -0.303 e. The summed E-state index contributed by atoms with van der Waals surface area (Å²) in [7, 11) is 2.11. The summed E-state index contributed by atoms with van der Waals surface area (Å²) < 4.78 is 0. The third kappa shape index (κ3) is 3.76. The predicted molar refractivity (Wildman–Crippen MR) is 65.5 cm³/mol. The van der Waals surface area contributed by atoms with Gasteiger partial charge in [0.05, 0.1) is 0 Å². The first-order valence-electron chi connectivity index (χ1n) is 6.25. The van der Waals surface area contributed by atoms with Gasteiger partial charge in [0.15, 0.2) is 0 Å². The molecule has 16 heavy (non-hydrogen) atoms. The Hall–Kier alpha value is -0.610. The van der Waals surface area contributed by atoms with Crippen LogP contribution in [0.1, 0.15) is 39.5 Å². The molecule has 0 bridgehead atoms. The molecule has 0 aromatic rings. The maximum atomic E-state index is 11.3. The molecule has 0 aromatic heterocycles. The van der Waals surface area contributed by atoms with Crippen LogP contribution in [0.2, 0.25) is 0 Å². The minimum absolute atomic E-state index is 0.0330. The van der Waals surface area contributed by atoms with Gasteiger partial charge in [0, 0.05) is 18.5 Å². The van der Waals surface area contributed by atoms with Gasteiger partial charge in [-0.3, -0.25) is 10.2 Å². The lowest BCUT2D eigenvalue weighted by Gasteiger charge is -2.34. The van der Waals surface area contributed by atoms with Gasteiger partial charge in [-0.1, -0.05) is 13.8 Å². The fourth-order valence-corrected chi connectivity index (χ4v) is 2.49. The highest BCUT2D eigenvalue weighted by molar-refractivity contribution is 5.77. The van der Waals surface area contributed by atoms with Gasteiger partial charge in [-0.05, 0) is 38.6 Å². The van der Waals surface area contributed by atoms with Crippen LogP contribution >= 0.6 is 0 Å². The van der Waals surface area contributed by atoms with Gasteiger partial charge in [-0.15, -0.1) is 0 Å². The summed E-state index contributed by atoms with van der Waals surface area (Å²) >= 11 is 0. The van der Waals surface area contributed by atoms with Crippen LogP contribution < -0.4 is 11.3 Å². The van der Waals surface area contributed by atoms with Crippen molar-refractivity contribution in [2.75, 3.05) is 13.6 Å². The number of hydrogen-bond acceptors (Lipinski definition) is 3. The average Bonchev–Trinajstić information content (AvgIpc) is 2.28. The largest absolute Gasteiger partial charge is 0.303 e. The van der Waals surface area contributed by atoms with Crippen LogP contribution in [0, 0.1) is 11.8 Å². The van der Waals surface area contributed by atoms with E-state index in [1.807, 2.05) is 6.92 Å². The van der Waals surface area contributed by atoms with Gasteiger partial charge in [0.2, 0.25) is 5.91 Å². The van der Waals surface area contributed by atoms with Gasteiger partial charge >= 0.3 is 0 Å². The molecule has 1 aliphatic carbocycles. The van der Waals surface area contributed by atoms with E-state index in [2.05, 4.69) is 24.3 Å². The molecule has 0 aromatic carbocycles. The molecular weight excluding hydrogens is 202 g/mol.